The van der Waals surface area contributed by atoms with Crippen LogP contribution in [-0.4, -0.2) is 40.9 Å². The molecule has 23 heavy (non-hydrogen) atoms. The van der Waals surface area contributed by atoms with E-state index >= 15 is 0 Å². The van der Waals surface area contributed by atoms with E-state index in [0.29, 0.717) is 12.2 Å². The van der Waals surface area contributed by atoms with Crippen LogP contribution in [0.25, 0.3) is 11.4 Å². The number of sulfone groups is 1. The fraction of sp³-hybridized carbons (Fsp3) is 0.438. The molecule has 4 rings (SSSR count). The van der Waals surface area contributed by atoms with Crippen molar-refractivity contribution in [2.24, 2.45) is 0 Å². The first-order valence-electron chi connectivity index (χ1n) is 7.88. The molecule has 7 heteroatoms. The van der Waals surface area contributed by atoms with E-state index in [1.807, 2.05) is 12.1 Å². The number of nitrogens with one attached hydrogen (secondary N) is 1. The largest absolute Gasteiger partial charge is 0.366 e. The molecule has 1 aliphatic heterocycles. The van der Waals surface area contributed by atoms with E-state index in [4.69, 9.17) is 0 Å². The number of aryl methyl sites for hydroxylation is 1. The molecular formula is C16H18N4O2S. The van der Waals surface area contributed by atoms with Crippen LogP contribution >= 0.6 is 0 Å². The van der Waals surface area contributed by atoms with Crippen LogP contribution in [-0.2, 0) is 22.7 Å². The van der Waals surface area contributed by atoms with Crippen LogP contribution in [0.2, 0.25) is 0 Å². The van der Waals surface area contributed by atoms with E-state index in [2.05, 4.69) is 20.3 Å². The molecule has 2 aliphatic rings. The number of aromatic nitrogens is 3. The summed E-state index contributed by atoms with van der Waals surface area (Å²) in [5, 5.41) is 3.36. The Hall–Kier alpha value is -2.02. The molecule has 1 atom stereocenters. The first kappa shape index (κ1) is 14.6. The van der Waals surface area contributed by atoms with Crippen LogP contribution in [0.3, 0.4) is 0 Å². The summed E-state index contributed by atoms with van der Waals surface area (Å²) >= 11 is 0. The lowest BCUT2D eigenvalue weighted by atomic mass is 10.2. The van der Waals surface area contributed by atoms with E-state index < -0.39 is 9.84 Å². The Morgan fingerprint density at radius 2 is 2.13 bits per heavy atom. The van der Waals surface area contributed by atoms with Crippen molar-refractivity contribution in [1.29, 1.82) is 0 Å². The lowest BCUT2D eigenvalue weighted by molar-refractivity contribution is 0.602. The van der Waals surface area contributed by atoms with Gasteiger partial charge in [0.1, 0.15) is 5.82 Å². The molecule has 1 unspecified atom stereocenters. The lowest BCUT2D eigenvalue weighted by Gasteiger charge is -2.16. The SMILES string of the molecule is O=S1(=O)CCC(Nc2nc(-c3cccnc3)nc3c2CCC3)C1. The summed E-state index contributed by atoms with van der Waals surface area (Å²) in [6, 6.07) is 3.75. The van der Waals surface area contributed by atoms with Crippen molar-refractivity contribution in [1.82, 2.24) is 15.0 Å². The molecule has 0 radical (unpaired) electrons. The minimum absolute atomic E-state index is 0.0543. The summed E-state index contributed by atoms with van der Waals surface area (Å²) in [5.74, 6) is 1.90. The molecule has 6 nitrogen and oxygen atoms in total. The van der Waals surface area contributed by atoms with Crippen LogP contribution < -0.4 is 5.32 Å². The average Bonchev–Trinajstić information content (AvgIpc) is 3.14. The second-order valence-corrected chi connectivity index (χ2v) is 8.39. The Kier molecular flexibility index (Phi) is 3.52. The highest BCUT2D eigenvalue weighted by molar-refractivity contribution is 7.91. The standard InChI is InChI=1S/C16H18N4O2S/c21-23(22)8-6-12(10-23)18-16-13-4-1-5-14(13)19-15(20-16)11-3-2-7-17-9-11/h2-3,7,9,12H,1,4-6,8,10H2,(H,18,19,20). The number of fused-ring (bicyclic) bond motifs is 1. The molecule has 1 fully saturated rings. The Balaban J connectivity index is 1.70. The van der Waals surface area contributed by atoms with Gasteiger partial charge in [0.15, 0.2) is 15.7 Å². The summed E-state index contributed by atoms with van der Waals surface area (Å²) in [4.78, 5) is 13.5. The highest BCUT2D eigenvalue weighted by Gasteiger charge is 2.29. The molecule has 1 saturated heterocycles. The van der Waals surface area contributed by atoms with Gasteiger partial charge in [0.05, 0.1) is 11.5 Å². The van der Waals surface area contributed by atoms with Crippen molar-refractivity contribution in [2.45, 2.75) is 31.7 Å². The summed E-state index contributed by atoms with van der Waals surface area (Å²) in [6.07, 6.45) is 7.08. The normalized spacial score (nSPS) is 22.0. The van der Waals surface area contributed by atoms with E-state index in [1.54, 1.807) is 12.4 Å². The monoisotopic (exact) mass is 330 g/mol. The van der Waals surface area contributed by atoms with Gasteiger partial charge >= 0.3 is 0 Å². The highest BCUT2D eigenvalue weighted by Crippen LogP contribution is 2.30. The van der Waals surface area contributed by atoms with Gasteiger partial charge in [-0.05, 0) is 37.8 Å². The zero-order valence-electron chi connectivity index (χ0n) is 12.7. The van der Waals surface area contributed by atoms with Gasteiger partial charge < -0.3 is 5.32 Å². The van der Waals surface area contributed by atoms with E-state index in [0.717, 1.165) is 41.9 Å². The molecule has 1 aliphatic carbocycles. The first-order valence-corrected chi connectivity index (χ1v) is 9.70. The maximum atomic E-state index is 11.7. The van der Waals surface area contributed by atoms with Gasteiger partial charge in [-0.3, -0.25) is 4.98 Å². The summed E-state index contributed by atoms with van der Waals surface area (Å²) in [7, 11) is -2.91. The Labute approximate surface area is 135 Å². The smallest absolute Gasteiger partial charge is 0.163 e. The van der Waals surface area contributed by atoms with Gasteiger partial charge in [-0.15, -0.1) is 0 Å². The van der Waals surface area contributed by atoms with Crippen LogP contribution in [0.1, 0.15) is 24.1 Å². The fourth-order valence-corrected chi connectivity index (χ4v) is 4.95. The molecule has 0 bridgehead atoms. The number of rotatable bonds is 3. The second-order valence-electron chi connectivity index (χ2n) is 6.16. The molecular weight excluding hydrogens is 312 g/mol. The topological polar surface area (TPSA) is 84.8 Å². The summed E-state index contributed by atoms with van der Waals surface area (Å²) in [6.45, 7) is 0. The van der Waals surface area contributed by atoms with Gasteiger partial charge in [-0.1, -0.05) is 0 Å². The number of pyridine rings is 1. The third-order valence-corrected chi connectivity index (χ3v) is 6.19. The number of hydrogen-bond acceptors (Lipinski definition) is 6. The highest BCUT2D eigenvalue weighted by atomic mass is 32.2. The first-order chi connectivity index (χ1) is 11.1. The van der Waals surface area contributed by atoms with Gasteiger partial charge in [0.2, 0.25) is 0 Å². The third kappa shape index (κ3) is 2.93. The van der Waals surface area contributed by atoms with Crippen LogP contribution in [0.15, 0.2) is 24.5 Å². The molecule has 2 aromatic rings. The molecule has 3 heterocycles. The Morgan fingerprint density at radius 1 is 1.22 bits per heavy atom. The summed E-state index contributed by atoms with van der Waals surface area (Å²) < 4.78 is 23.3. The Bertz CT molecular complexity index is 837. The van der Waals surface area contributed by atoms with Crippen LogP contribution in [0.4, 0.5) is 5.82 Å². The molecule has 0 saturated carbocycles. The van der Waals surface area contributed by atoms with Gasteiger partial charge in [-0.25, -0.2) is 18.4 Å². The molecule has 2 aromatic heterocycles. The van der Waals surface area contributed by atoms with Gasteiger partial charge in [-0.2, -0.15) is 0 Å². The predicted molar refractivity (Wildman–Crippen MR) is 88.0 cm³/mol. The minimum Gasteiger partial charge on any atom is -0.366 e. The van der Waals surface area contributed by atoms with E-state index in [9.17, 15) is 8.42 Å². The number of hydrogen-bond donors (Lipinski definition) is 1. The minimum atomic E-state index is -2.91. The zero-order chi connectivity index (χ0) is 15.9. The second kappa shape index (κ2) is 5.56. The van der Waals surface area contributed by atoms with Crippen molar-refractivity contribution in [2.75, 3.05) is 16.8 Å². The summed E-state index contributed by atoms with van der Waals surface area (Å²) in [5.41, 5.74) is 3.09. The van der Waals surface area contributed by atoms with Crippen molar-refractivity contribution < 1.29 is 8.42 Å². The van der Waals surface area contributed by atoms with Crippen molar-refractivity contribution in [3.8, 4) is 11.4 Å². The molecule has 0 amide bonds. The fourth-order valence-electron chi connectivity index (χ4n) is 3.28. The Morgan fingerprint density at radius 3 is 2.87 bits per heavy atom. The maximum Gasteiger partial charge on any atom is 0.163 e. The maximum absolute atomic E-state index is 11.7. The lowest BCUT2D eigenvalue weighted by Crippen LogP contribution is -2.22. The van der Waals surface area contributed by atoms with E-state index in [1.165, 1.54) is 0 Å². The average molecular weight is 330 g/mol. The molecule has 0 spiro atoms. The molecule has 1 N–H and O–H groups in total. The van der Waals surface area contributed by atoms with E-state index in [-0.39, 0.29) is 17.5 Å². The van der Waals surface area contributed by atoms with Crippen molar-refractivity contribution in [3.05, 3.63) is 35.8 Å². The van der Waals surface area contributed by atoms with Crippen LogP contribution in [0, 0.1) is 0 Å². The molecule has 120 valence electrons. The van der Waals surface area contributed by atoms with Gasteiger partial charge in [0, 0.05) is 35.3 Å². The number of nitrogens with zero attached hydrogens (tertiary/aromatic N) is 3. The van der Waals surface area contributed by atoms with Crippen LogP contribution in [0.5, 0.6) is 0 Å². The zero-order valence-corrected chi connectivity index (χ0v) is 13.5. The van der Waals surface area contributed by atoms with Crippen molar-refractivity contribution in [3.63, 3.8) is 0 Å². The third-order valence-electron chi connectivity index (χ3n) is 4.43. The quantitative estimate of drug-likeness (QED) is 0.920. The molecule has 0 aromatic carbocycles. The predicted octanol–water partition coefficient (Wildman–Crippen LogP) is 1.63. The van der Waals surface area contributed by atoms with Gasteiger partial charge in [0.25, 0.3) is 0 Å². The van der Waals surface area contributed by atoms with Crippen molar-refractivity contribution >= 4 is 15.7 Å². The number of anilines is 1.